The second-order valence-electron chi connectivity index (χ2n) is 16.4. The van der Waals surface area contributed by atoms with E-state index in [-0.39, 0.29) is 60.6 Å². The van der Waals surface area contributed by atoms with Gasteiger partial charge < -0.3 is 14.7 Å². The number of benzene rings is 8. The van der Waals surface area contributed by atoms with Gasteiger partial charge in [-0.2, -0.15) is 0 Å². The summed E-state index contributed by atoms with van der Waals surface area (Å²) < 4.78 is 279. The number of hydrogen-bond donors (Lipinski definition) is 0. The van der Waals surface area contributed by atoms with Crippen LogP contribution in [-0.4, -0.2) is 6.71 Å². The highest BCUT2D eigenvalue weighted by Gasteiger charge is 2.45. The second kappa shape index (κ2) is 14.9. The van der Waals surface area contributed by atoms with Gasteiger partial charge in [-0.25, -0.2) is 0 Å². The van der Waals surface area contributed by atoms with Crippen molar-refractivity contribution >= 4 is 95.0 Å². The Hall–Kier alpha value is -6.82. The third kappa shape index (κ3) is 6.48. The summed E-state index contributed by atoms with van der Waals surface area (Å²) in [5.74, 6) is 0. The van der Waals surface area contributed by atoms with Crippen LogP contribution >= 0.6 is 11.3 Å². The Balaban J connectivity index is 1.41. The van der Waals surface area contributed by atoms with Gasteiger partial charge in [0.2, 0.25) is 0 Å². The van der Waals surface area contributed by atoms with Crippen LogP contribution in [0.2, 0.25) is 0 Å². The Morgan fingerprint density at radius 2 is 1.05 bits per heavy atom. The number of hydrogen-bond acceptors (Lipinski definition) is 4. The molecule has 2 aliphatic heterocycles. The van der Waals surface area contributed by atoms with Gasteiger partial charge in [0, 0.05) is 55.6 Å². The van der Waals surface area contributed by atoms with Gasteiger partial charge in [0.1, 0.15) is 0 Å². The Morgan fingerprint density at radius 1 is 0.508 bits per heavy atom. The predicted molar refractivity (Wildman–Crippen MR) is 273 cm³/mol. The lowest BCUT2D eigenvalue weighted by atomic mass is 9.33. The van der Waals surface area contributed by atoms with Crippen molar-refractivity contribution in [3.05, 3.63) is 216 Å². The minimum Gasteiger partial charge on any atom is -0.311 e. The molecule has 3 heterocycles. The number of aryl methyl sites for hydroxylation is 1. The summed E-state index contributed by atoms with van der Waals surface area (Å²) in [7, 11) is 0. The van der Waals surface area contributed by atoms with Crippen LogP contribution in [0.3, 0.4) is 0 Å². The number of anilines is 9. The molecule has 5 heteroatoms. The SMILES string of the molecule is [2H]c1c([2H])c([2H])c(N2c3cc(C)cc4c3B(c3c([2H])c([2H])c(N(c5c([2H])c([2H])c([2H])c([2H])c5[2H])c5c([2H])c([2H])c([2H])c([2H])c5[2H])c([2H])c3N4c3c([2H])c([2H])c(C(C)(C)c4c([2H])c([2H])c([2H])c([2H])c4[2H])c([2H])c3[2H])c3c2sc2c([2H])c([2H])c(C(C)(C)C)c([2H])c32)c([2H])c1[2H]. The van der Waals surface area contributed by atoms with E-state index < -0.39 is 237 Å². The molecule has 8 aromatic carbocycles. The van der Waals surface area contributed by atoms with Crippen LogP contribution in [0.4, 0.5) is 50.5 Å². The van der Waals surface area contributed by atoms with E-state index in [0.29, 0.717) is 4.90 Å². The lowest BCUT2D eigenvalue weighted by Crippen LogP contribution is -2.61. The molecule has 0 N–H and O–H groups in total. The smallest absolute Gasteiger partial charge is 0.254 e. The number of rotatable bonds is 7. The number of nitrogens with zero attached hydrogens (tertiary/aromatic N) is 3. The van der Waals surface area contributed by atoms with Gasteiger partial charge >= 0.3 is 0 Å². The van der Waals surface area contributed by atoms with E-state index in [1.54, 1.807) is 27.7 Å². The molecule has 2 aliphatic rings. The minimum atomic E-state index is -1.98. The van der Waals surface area contributed by atoms with Crippen molar-refractivity contribution in [3.63, 3.8) is 0 Å². The number of fused-ring (bicyclic) bond motifs is 6. The monoisotopic (exact) mass is 862 g/mol. The molecule has 0 saturated carbocycles. The Bertz CT molecular complexity index is 4730. The Kier molecular flexibility index (Phi) is 4.38. The van der Waals surface area contributed by atoms with E-state index in [1.807, 2.05) is 0 Å². The molecule has 1 aromatic heterocycles. The van der Waals surface area contributed by atoms with Gasteiger partial charge in [-0.15, -0.1) is 11.3 Å². The van der Waals surface area contributed by atoms with Gasteiger partial charge in [0.25, 0.3) is 6.71 Å². The standard InChI is InChI=1S/C58H50BN3S/c1-39-35-51-55-52(36-39)62(45-25-17-10-18-26-45)56-54(48-37-42(57(2,3)4)29-34-53(48)63-56)59(55)49-33-32-47(60(43-21-13-8-14-22-43)44-23-15-9-16-24-44)38-50(49)61(51)46-30-27-41(28-31-46)58(5,6)40-19-11-7-12-20-40/h7-38H,1-6H3/i7D,8D,9D,10D,11D,12D,13D,14D,15D,16D,17D,18D,19D,20D,21D,22D,23D,24D,25D,26D,27D,28D,29D,30D,31D,32D,33D,34D,37D,38D. The van der Waals surface area contributed by atoms with Crippen molar-refractivity contribution in [2.45, 2.75) is 52.4 Å². The first-order valence-corrected chi connectivity index (χ1v) is 20.5. The van der Waals surface area contributed by atoms with E-state index in [2.05, 4.69) is 0 Å². The molecule has 0 bridgehead atoms. The average molecular weight is 862 g/mol. The summed E-state index contributed by atoms with van der Waals surface area (Å²) in [5, 5.41) is -0.140. The molecule has 0 aliphatic carbocycles. The molecular weight excluding hydrogens is 782 g/mol. The second-order valence-corrected chi connectivity index (χ2v) is 17.4. The Morgan fingerprint density at radius 3 is 1.67 bits per heavy atom. The summed E-state index contributed by atoms with van der Waals surface area (Å²) in [6.07, 6.45) is 0. The maximum Gasteiger partial charge on any atom is 0.254 e. The molecule has 0 radical (unpaired) electrons. The zero-order valence-corrected chi connectivity index (χ0v) is 35.3. The summed E-state index contributed by atoms with van der Waals surface area (Å²) in [5.41, 5.74) is -9.55. The average Bonchev–Trinajstić information content (AvgIpc) is 1.67. The molecule has 9 aromatic rings. The highest BCUT2D eigenvalue weighted by atomic mass is 32.1. The molecule has 0 spiro atoms. The Labute approximate surface area is 418 Å². The van der Waals surface area contributed by atoms with Crippen molar-refractivity contribution in [1.29, 1.82) is 0 Å². The van der Waals surface area contributed by atoms with E-state index in [9.17, 15) is 21.9 Å². The lowest BCUT2D eigenvalue weighted by Gasteiger charge is -2.44. The third-order valence-corrected chi connectivity index (χ3v) is 12.1. The fourth-order valence-electron chi connectivity index (χ4n) is 7.98. The van der Waals surface area contributed by atoms with E-state index >= 15 is 0 Å². The fraction of sp³-hybridized carbons (Fsp3) is 0.138. The molecule has 11 rings (SSSR count). The van der Waals surface area contributed by atoms with Crippen molar-refractivity contribution < 1.29 is 41.1 Å². The van der Waals surface area contributed by atoms with Crippen molar-refractivity contribution in [1.82, 2.24) is 0 Å². The zero-order valence-electron chi connectivity index (χ0n) is 64.5. The zero-order chi connectivity index (χ0) is 69.1. The molecule has 0 fully saturated rings. The number of para-hydroxylation sites is 3. The normalized spacial score (nSPS) is 19.8. The maximum absolute atomic E-state index is 10.8. The van der Waals surface area contributed by atoms with Crippen LogP contribution in [-0.2, 0) is 10.8 Å². The minimum absolute atomic E-state index is 0.0366. The van der Waals surface area contributed by atoms with Crippen LogP contribution < -0.4 is 31.1 Å². The van der Waals surface area contributed by atoms with Gasteiger partial charge in [-0.1, -0.05) is 149 Å². The molecule has 3 nitrogen and oxygen atoms in total. The molecule has 306 valence electrons. The van der Waals surface area contributed by atoms with Crippen LogP contribution in [0.1, 0.15) is 98.0 Å². The third-order valence-electron chi connectivity index (χ3n) is 11.0. The van der Waals surface area contributed by atoms with Gasteiger partial charge in [0.15, 0.2) is 0 Å². The topological polar surface area (TPSA) is 9.72 Å². The van der Waals surface area contributed by atoms with E-state index in [0.717, 1.165) is 16.2 Å². The molecule has 0 saturated heterocycles. The summed E-state index contributed by atoms with van der Waals surface area (Å²) in [4.78, 5) is 2.77. The highest BCUT2D eigenvalue weighted by molar-refractivity contribution is 7.26. The van der Waals surface area contributed by atoms with Gasteiger partial charge in [0.05, 0.1) is 46.1 Å². The highest BCUT2D eigenvalue weighted by Crippen LogP contribution is 2.49. The quantitative estimate of drug-likeness (QED) is 0.148. The van der Waals surface area contributed by atoms with Gasteiger partial charge in [-0.05, 0) is 135 Å². The summed E-state index contributed by atoms with van der Waals surface area (Å²) >= 11 is 0.777. The first-order valence-electron chi connectivity index (χ1n) is 34.7. The number of thiophene rings is 1. The lowest BCUT2D eigenvalue weighted by molar-refractivity contribution is 0.591. The largest absolute Gasteiger partial charge is 0.311 e. The van der Waals surface area contributed by atoms with Crippen molar-refractivity contribution in [3.8, 4) is 0 Å². The predicted octanol–water partition coefficient (Wildman–Crippen LogP) is 14.4. The molecule has 0 amide bonds. The molecule has 0 unspecified atom stereocenters. The first kappa shape index (κ1) is 18.5. The van der Waals surface area contributed by atoms with Crippen molar-refractivity contribution in [2.24, 2.45) is 0 Å². The first-order chi connectivity index (χ1) is 43.0. The molecule has 0 atom stereocenters. The molecular formula is C58H50BN3S. The van der Waals surface area contributed by atoms with Crippen LogP contribution in [0, 0.1) is 6.92 Å². The van der Waals surface area contributed by atoms with Crippen LogP contribution in [0.15, 0.2) is 193 Å². The van der Waals surface area contributed by atoms with Crippen LogP contribution in [0.5, 0.6) is 0 Å². The van der Waals surface area contributed by atoms with E-state index in [1.165, 1.54) is 30.9 Å². The maximum atomic E-state index is 10.8. The summed E-state index contributed by atoms with van der Waals surface area (Å²) in [6, 6.07) is -23.2. The van der Waals surface area contributed by atoms with E-state index in [4.69, 9.17) is 19.2 Å². The van der Waals surface area contributed by atoms with Gasteiger partial charge in [-0.3, -0.25) is 0 Å². The summed E-state index contributed by atoms with van der Waals surface area (Å²) in [6.45, 7) is 7.59. The van der Waals surface area contributed by atoms with Crippen molar-refractivity contribution in [2.75, 3.05) is 14.7 Å². The fourth-order valence-corrected chi connectivity index (χ4v) is 9.15. The van der Waals surface area contributed by atoms with Crippen LogP contribution in [0.25, 0.3) is 10.1 Å². The molecule has 63 heavy (non-hydrogen) atoms.